The van der Waals surface area contributed by atoms with Crippen molar-refractivity contribution in [3.8, 4) is 11.5 Å². The van der Waals surface area contributed by atoms with Crippen molar-refractivity contribution in [3.05, 3.63) is 54.6 Å². The highest BCUT2D eigenvalue weighted by Crippen LogP contribution is 2.37. The number of para-hydroxylation sites is 1. The van der Waals surface area contributed by atoms with Gasteiger partial charge in [-0.05, 0) is 109 Å². The number of likely N-dealkylation sites (tertiary alicyclic amines) is 1. The van der Waals surface area contributed by atoms with Gasteiger partial charge in [-0.1, -0.05) is 18.2 Å². The molecule has 0 saturated carbocycles. The lowest BCUT2D eigenvalue weighted by atomic mass is 9.94. The summed E-state index contributed by atoms with van der Waals surface area (Å²) in [6.45, 7) is 5.97. The molecule has 0 bridgehead atoms. The summed E-state index contributed by atoms with van der Waals surface area (Å²) in [4.78, 5) is 47.1. The van der Waals surface area contributed by atoms with Gasteiger partial charge in [0.2, 0.25) is 5.91 Å². The lowest BCUT2D eigenvalue weighted by Crippen LogP contribution is -2.60. The Labute approximate surface area is 282 Å². The first-order valence-corrected chi connectivity index (χ1v) is 18.0. The number of carbonyl (C=O) groups is 3. The van der Waals surface area contributed by atoms with Gasteiger partial charge in [0, 0.05) is 26.1 Å². The predicted octanol–water partition coefficient (Wildman–Crippen LogP) is 4.21. The largest absolute Gasteiger partial charge is 0.457 e. The number of alkyl carbamates (subject to hydrolysis) is 1. The molecule has 2 fully saturated rings. The Morgan fingerprint density at radius 1 is 1.00 bits per heavy atom. The molecule has 3 amide bonds. The van der Waals surface area contributed by atoms with Crippen LogP contribution in [0.1, 0.15) is 72.1 Å². The number of nitrogens with two attached hydrogens (primary N) is 1. The van der Waals surface area contributed by atoms with Gasteiger partial charge in [0.25, 0.3) is 5.91 Å². The van der Waals surface area contributed by atoms with Crippen molar-refractivity contribution < 1.29 is 41.8 Å². The molecule has 2 aliphatic rings. The molecule has 2 atom stereocenters. The van der Waals surface area contributed by atoms with Crippen LogP contribution in [0, 0.1) is 0 Å². The molecule has 13 nitrogen and oxygen atoms in total. The van der Waals surface area contributed by atoms with Crippen LogP contribution in [-0.4, -0.2) is 80.1 Å². The number of hydrogen-bond acceptors (Lipinski definition) is 10. The molecule has 48 heavy (non-hydrogen) atoms. The number of hydrogen-bond donors (Lipinski definition) is 3. The Morgan fingerprint density at radius 2 is 1.67 bits per heavy atom. The molecule has 0 spiro atoms. The Hall–Kier alpha value is -3.72. The highest BCUT2D eigenvalue weighted by atomic mass is 32.2. The molecular weight excluding hydrogens is 640 g/mol. The summed E-state index contributed by atoms with van der Waals surface area (Å²) < 4.78 is 43.5. The smallest absolute Gasteiger partial charge is 0.408 e. The van der Waals surface area contributed by atoms with Gasteiger partial charge in [0.15, 0.2) is 20.9 Å². The van der Waals surface area contributed by atoms with Crippen molar-refractivity contribution in [3.63, 3.8) is 0 Å². The monoisotopic (exact) mass is 688 g/mol. The van der Waals surface area contributed by atoms with Gasteiger partial charge in [0.1, 0.15) is 23.1 Å². The molecule has 4 N–H and O–H groups in total. The van der Waals surface area contributed by atoms with Crippen LogP contribution in [0.5, 0.6) is 11.5 Å². The van der Waals surface area contributed by atoms with Crippen molar-refractivity contribution in [1.82, 2.24) is 15.7 Å². The van der Waals surface area contributed by atoms with Crippen LogP contribution in [0.3, 0.4) is 0 Å². The van der Waals surface area contributed by atoms with Gasteiger partial charge in [-0.3, -0.25) is 9.59 Å². The molecule has 1 unspecified atom stereocenters. The van der Waals surface area contributed by atoms with Crippen molar-refractivity contribution >= 4 is 27.7 Å². The van der Waals surface area contributed by atoms with E-state index in [1.54, 1.807) is 32.9 Å². The van der Waals surface area contributed by atoms with Crippen LogP contribution in [-0.2, 0) is 33.7 Å². The van der Waals surface area contributed by atoms with E-state index in [1.807, 2.05) is 18.2 Å². The van der Waals surface area contributed by atoms with E-state index in [-0.39, 0.29) is 30.8 Å². The normalized spacial score (nSPS) is 18.8. The number of ether oxygens (including phenoxy) is 3. The minimum absolute atomic E-state index is 0.0516. The number of hydroxylamine groups is 1. The minimum atomic E-state index is -4.32. The Bertz CT molecular complexity index is 1470. The average Bonchev–Trinajstić information content (AvgIpc) is 3.07. The lowest BCUT2D eigenvalue weighted by Gasteiger charge is -2.41. The summed E-state index contributed by atoms with van der Waals surface area (Å²) >= 11 is 0. The zero-order valence-electron chi connectivity index (χ0n) is 27.9. The number of sulfone groups is 1. The lowest BCUT2D eigenvalue weighted by molar-refractivity contribution is -0.202. The standard InChI is InChI=1S/C34H48N4O9S/c1-33(2,3)46-32(41)36-28(13-7-9-21-35)30(39)38-22-19-34(20-23-38,31(40)37-47-29-14-8-10-24-44-29)48(42,43)27-17-15-26(16-18-27)45-25-11-5-4-6-12-25/h4-6,11-12,15-18,28-29H,7-10,13-14,19-24,35H2,1-3H3,(H,36,41)(H,37,40)/t28-,29?/m0/s1. The molecule has 2 aromatic carbocycles. The third-order valence-corrected chi connectivity index (χ3v) is 10.8. The van der Waals surface area contributed by atoms with Crippen LogP contribution < -0.4 is 21.3 Å². The maximum Gasteiger partial charge on any atom is 0.408 e. The third-order valence-electron chi connectivity index (χ3n) is 8.28. The molecule has 14 heteroatoms. The first-order chi connectivity index (χ1) is 22.8. The highest BCUT2D eigenvalue weighted by Gasteiger charge is 2.54. The molecule has 264 valence electrons. The van der Waals surface area contributed by atoms with E-state index in [9.17, 15) is 22.8 Å². The van der Waals surface area contributed by atoms with E-state index in [2.05, 4.69) is 10.8 Å². The van der Waals surface area contributed by atoms with Crippen molar-refractivity contribution in [2.45, 2.75) is 99.7 Å². The Kier molecular flexibility index (Phi) is 12.8. The molecule has 2 heterocycles. The summed E-state index contributed by atoms with van der Waals surface area (Å²) in [5.74, 6) is -0.209. The molecule has 0 radical (unpaired) electrons. The van der Waals surface area contributed by atoms with Gasteiger partial charge in [0.05, 0.1) is 4.90 Å². The quantitative estimate of drug-likeness (QED) is 0.204. The fourth-order valence-electron chi connectivity index (χ4n) is 5.68. The third kappa shape index (κ3) is 9.68. The number of carbonyl (C=O) groups excluding carboxylic acids is 3. The maximum absolute atomic E-state index is 14.4. The second kappa shape index (κ2) is 16.6. The van der Waals surface area contributed by atoms with Gasteiger partial charge < -0.3 is 30.2 Å². The van der Waals surface area contributed by atoms with Crippen molar-refractivity contribution in [1.29, 1.82) is 0 Å². The average molecular weight is 689 g/mol. The van der Waals surface area contributed by atoms with Gasteiger partial charge in [-0.2, -0.15) is 0 Å². The van der Waals surface area contributed by atoms with E-state index in [4.69, 9.17) is 24.8 Å². The second-order valence-corrected chi connectivity index (χ2v) is 15.3. The van der Waals surface area contributed by atoms with Gasteiger partial charge >= 0.3 is 6.09 Å². The zero-order chi connectivity index (χ0) is 34.8. The molecular formula is C34H48N4O9S. The first-order valence-electron chi connectivity index (χ1n) is 16.5. The summed E-state index contributed by atoms with van der Waals surface area (Å²) in [5.41, 5.74) is 7.26. The van der Waals surface area contributed by atoms with E-state index in [0.717, 1.165) is 12.8 Å². The summed E-state index contributed by atoms with van der Waals surface area (Å²) in [6.07, 6.45) is 2.01. The molecule has 2 aliphatic heterocycles. The van der Waals surface area contributed by atoms with Crippen molar-refractivity contribution in [2.75, 3.05) is 26.2 Å². The Morgan fingerprint density at radius 3 is 2.27 bits per heavy atom. The number of piperidine rings is 1. The SMILES string of the molecule is CC(C)(C)OC(=O)N[C@@H](CCCCN)C(=O)N1CCC(C(=O)NOC2CCCCO2)(S(=O)(=O)c2ccc(Oc3ccccc3)cc2)CC1. The number of nitrogens with zero attached hydrogens (tertiary/aromatic N) is 1. The number of rotatable bonds is 13. The number of benzene rings is 2. The summed E-state index contributed by atoms with van der Waals surface area (Å²) in [6, 6.07) is 14.0. The summed E-state index contributed by atoms with van der Waals surface area (Å²) in [5, 5.41) is 2.67. The Balaban J connectivity index is 1.54. The van der Waals surface area contributed by atoms with Gasteiger partial charge in [-0.15, -0.1) is 0 Å². The zero-order valence-corrected chi connectivity index (χ0v) is 28.8. The van der Waals surface area contributed by atoms with Crippen LogP contribution in [0.25, 0.3) is 0 Å². The molecule has 2 saturated heterocycles. The van der Waals surface area contributed by atoms with Crippen LogP contribution in [0.2, 0.25) is 0 Å². The van der Waals surface area contributed by atoms with Crippen molar-refractivity contribution in [2.24, 2.45) is 5.73 Å². The molecule has 0 aromatic heterocycles. The van der Waals surface area contributed by atoms with E-state index < -0.39 is 50.4 Å². The van der Waals surface area contributed by atoms with E-state index in [0.29, 0.717) is 50.3 Å². The fraction of sp³-hybridized carbons (Fsp3) is 0.559. The van der Waals surface area contributed by atoms with Crippen LogP contribution >= 0.6 is 0 Å². The van der Waals surface area contributed by atoms with Crippen LogP contribution in [0.15, 0.2) is 59.5 Å². The number of amides is 3. The number of nitrogens with one attached hydrogen (secondary N) is 2. The summed E-state index contributed by atoms with van der Waals surface area (Å²) in [7, 11) is -4.32. The second-order valence-electron chi connectivity index (χ2n) is 13.0. The predicted molar refractivity (Wildman–Crippen MR) is 178 cm³/mol. The topological polar surface area (TPSA) is 176 Å². The minimum Gasteiger partial charge on any atom is -0.457 e. The molecule has 2 aromatic rings. The van der Waals surface area contributed by atoms with Gasteiger partial charge in [-0.25, -0.2) is 23.5 Å². The number of unbranched alkanes of at least 4 members (excludes halogenated alkanes) is 1. The van der Waals surface area contributed by atoms with E-state index in [1.165, 1.54) is 29.2 Å². The van der Waals surface area contributed by atoms with E-state index >= 15 is 0 Å². The maximum atomic E-state index is 14.4. The van der Waals surface area contributed by atoms with Crippen LogP contribution in [0.4, 0.5) is 4.79 Å². The first kappa shape index (κ1) is 37.1. The molecule has 4 rings (SSSR count). The fourth-order valence-corrected chi connectivity index (χ4v) is 7.63. The molecule has 0 aliphatic carbocycles. The highest BCUT2D eigenvalue weighted by molar-refractivity contribution is 7.93.